The summed E-state index contributed by atoms with van der Waals surface area (Å²) in [7, 11) is 0. The summed E-state index contributed by atoms with van der Waals surface area (Å²) in [6.07, 6.45) is 3.42. The standard InChI is InChI=1S/C15H24N2/c1-3-17(4-2)12-14-8-6-5-7-13(14)11-15(16)9-10-15/h5-8H,3-4,9-12,16H2,1-2H3. The SMILES string of the molecule is CCN(CC)Cc1ccccc1CC1(N)CC1. The zero-order valence-corrected chi connectivity index (χ0v) is 11.1. The third kappa shape index (κ3) is 3.30. The predicted molar refractivity (Wildman–Crippen MR) is 72.9 cm³/mol. The first-order valence-electron chi connectivity index (χ1n) is 6.75. The monoisotopic (exact) mass is 232 g/mol. The Bertz CT molecular complexity index is 365. The Morgan fingerprint density at radius 2 is 1.71 bits per heavy atom. The molecule has 94 valence electrons. The number of nitrogens with zero attached hydrogens (tertiary/aromatic N) is 1. The number of benzene rings is 1. The highest BCUT2D eigenvalue weighted by atomic mass is 15.1. The molecule has 17 heavy (non-hydrogen) atoms. The van der Waals surface area contributed by atoms with E-state index >= 15 is 0 Å². The highest BCUT2D eigenvalue weighted by Gasteiger charge is 2.38. The maximum Gasteiger partial charge on any atom is 0.0236 e. The molecule has 0 aromatic heterocycles. The summed E-state index contributed by atoms with van der Waals surface area (Å²) in [6, 6.07) is 8.76. The Morgan fingerprint density at radius 3 is 2.24 bits per heavy atom. The van der Waals surface area contributed by atoms with Gasteiger partial charge in [0, 0.05) is 12.1 Å². The first kappa shape index (κ1) is 12.6. The molecule has 1 aromatic rings. The van der Waals surface area contributed by atoms with Crippen molar-refractivity contribution in [3.05, 3.63) is 35.4 Å². The zero-order valence-electron chi connectivity index (χ0n) is 11.1. The molecule has 0 radical (unpaired) electrons. The topological polar surface area (TPSA) is 29.3 Å². The molecule has 0 bridgehead atoms. The van der Waals surface area contributed by atoms with Gasteiger partial charge < -0.3 is 5.73 Å². The second kappa shape index (κ2) is 5.19. The molecule has 2 rings (SSSR count). The third-order valence-electron chi connectivity index (χ3n) is 3.84. The summed E-state index contributed by atoms with van der Waals surface area (Å²) in [5.74, 6) is 0. The summed E-state index contributed by atoms with van der Waals surface area (Å²) >= 11 is 0. The van der Waals surface area contributed by atoms with E-state index in [1.54, 1.807) is 0 Å². The van der Waals surface area contributed by atoms with E-state index in [2.05, 4.69) is 43.0 Å². The van der Waals surface area contributed by atoms with Crippen molar-refractivity contribution in [2.24, 2.45) is 5.73 Å². The molecule has 1 aliphatic carbocycles. The van der Waals surface area contributed by atoms with Crippen molar-refractivity contribution in [1.82, 2.24) is 4.90 Å². The summed E-state index contributed by atoms with van der Waals surface area (Å²) in [6.45, 7) is 7.71. The zero-order chi connectivity index (χ0) is 12.3. The van der Waals surface area contributed by atoms with Crippen molar-refractivity contribution in [1.29, 1.82) is 0 Å². The minimum Gasteiger partial charge on any atom is -0.325 e. The van der Waals surface area contributed by atoms with Crippen LogP contribution in [0.3, 0.4) is 0 Å². The molecule has 2 heteroatoms. The van der Waals surface area contributed by atoms with Gasteiger partial charge in [-0.25, -0.2) is 0 Å². The Morgan fingerprint density at radius 1 is 1.12 bits per heavy atom. The molecule has 0 heterocycles. The average Bonchev–Trinajstić information content (AvgIpc) is 3.06. The quantitative estimate of drug-likeness (QED) is 0.817. The van der Waals surface area contributed by atoms with Crippen LogP contribution in [0.2, 0.25) is 0 Å². The van der Waals surface area contributed by atoms with Crippen LogP contribution in [0.5, 0.6) is 0 Å². The maximum atomic E-state index is 6.23. The lowest BCUT2D eigenvalue weighted by Gasteiger charge is -2.21. The molecule has 1 aliphatic rings. The molecule has 2 nitrogen and oxygen atoms in total. The molecule has 0 aliphatic heterocycles. The van der Waals surface area contributed by atoms with E-state index in [0.29, 0.717) is 0 Å². The van der Waals surface area contributed by atoms with Gasteiger partial charge in [-0.3, -0.25) is 4.90 Å². The van der Waals surface area contributed by atoms with Crippen molar-refractivity contribution in [2.75, 3.05) is 13.1 Å². The van der Waals surface area contributed by atoms with E-state index in [-0.39, 0.29) is 5.54 Å². The Kier molecular flexibility index (Phi) is 3.85. The van der Waals surface area contributed by atoms with Crippen LogP contribution in [0.25, 0.3) is 0 Å². The van der Waals surface area contributed by atoms with Gasteiger partial charge in [-0.05, 0) is 43.5 Å². The minimum absolute atomic E-state index is 0.110. The van der Waals surface area contributed by atoms with Crippen LogP contribution < -0.4 is 5.73 Å². The van der Waals surface area contributed by atoms with Gasteiger partial charge in [0.25, 0.3) is 0 Å². The van der Waals surface area contributed by atoms with Crippen LogP contribution in [0, 0.1) is 0 Å². The lowest BCUT2D eigenvalue weighted by Crippen LogP contribution is -2.27. The first-order chi connectivity index (χ1) is 8.17. The summed E-state index contributed by atoms with van der Waals surface area (Å²) in [4.78, 5) is 2.45. The molecule has 0 unspecified atom stereocenters. The lowest BCUT2D eigenvalue weighted by molar-refractivity contribution is 0.294. The van der Waals surface area contributed by atoms with Crippen molar-refractivity contribution in [3.8, 4) is 0 Å². The van der Waals surface area contributed by atoms with Gasteiger partial charge >= 0.3 is 0 Å². The van der Waals surface area contributed by atoms with Gasteiger partial charge in [0.1, 0.15) is 0 Å². The molecule has 0 amide bonds. The van der Waals surface area contributed by atoms with Crippen LogP contribution >= 0.6 is 0 Å². The molecule has 0 atom stereocenters. The highest BCUT2D eigenvalue weighted by Crippen LogP contribution is 2.36. The van der Waals surface area contributed by atoms with Crippen molar-refractivity contribution in [3.63, 3.8) is 0 Å². The fraction of sp³-hybridized carbons (Fsp3) is 0.600. The van der Waals surface area contributed by atoms with Crippen LogP contribution in [-0.4, -0.2) is 23.5 Å². The van der Waals surface area contributed by atoms with Gasteiger partial charge in [0.05, 0.1) is 0 Å². The summed E-state index contributed by atoms with van der Waals surface area (Å²) < 4.78 is 0. The van der Waals surface area contributed by atoms with Gasteiger partial charge in [0.15, 0.2) is 0 Å². The van der Waals surface area contributed by atoms with Crippen LogP contribution in [0.1, 0.15) is 37.8 Å². The predicted octanol–water partition coefficient (Wildman–Crippen LogP) is 2.56. The van der Waals surface area contributed by atoms with Crippen LogP contribution in [-0.2, 0) is 13.0 Å². The van der Waals surface area contributed by atoms with Crippen LogP contribution in [0.15, 0.2) is 24.3 Å². The second-order valence-electron chi connectivity index (χ2n) is 5.27. The van der Waals surface area contributed by atoms with Gasteiger partial charge in [-0.1, -0.05) is 38.1 Å². The Balaban J connectivity index is 2.09. The van der Waals surface area contributed by atoms with E-state index in [1.165, 1.54) is 24.0 Å². The smallest absolute Gasteiger partial charge is 0.0236 e. The summed E-state index contributed by atoms with van der Waals surface area (Å²) in [5, 5.41) is 0. The van der Waals surface area contributed by atoms with E-state index in [0.717, 1.165) is 26.1 Å². The van der Waals surface area contributed by atoms with Gasteiger partial charge in [0.2, 0.25) is 0 Å². The third-order valence-corrected chi connectivity index (χ3v) is 3.84. The van der Waals surface area contributed by atoms with Crippen molar-refractivity contribution in [2.45, 2.75) is 45.2 Å². The fourth-order valence-corrected chi connectivity index (χ4v) is 2.29. The van der Waals surface area contributed by atoms with E-state index in [9.17, 15) is 0 Å². The average molecular weight is 232 g/mol. The Labute approximate surface area is 105 Å². The normalized spacial score (nSPS) is 17.4. The van der Waals surface area contributed by atoms with E-state index in [4.69, 9.17) is 5.73 Å². The second-order valence-corrected chi connectivity index (χ2v) is 5.27. The van der Waals surface area contributed by atoms with E-state index in [1.807, 2.05) is 0 Å². The maximum absolute atomic E-state index is 6.23. The molecular formula is C15H24N2. The van der Waals surface area contributed by atoms with Crippen LogP contribution in [0.4, 0.5) is 0 Å². The molecule has 1 aromatic carbocycles. The fourth-order valence-electron chi connectivity index (χ4n) is 2.29. The van der Waals surface area contributed by atoms with Crippen molar-refractivity contribution >= 4 is 0 Å². The molecule has 1 fully saturated rings. The largest absolute Gasteiger partial charge is 0.325 e. The summed E-state index contributed by atoms with van der Waals surface area (Å²) in [5.41, 5.74) is 9.24. The molecule has 0 saturated heterocycles. The molecular weight excluding hydrogens is 208 g/mol. The highest BCUT2D eigenvalue weighted by molar-refractivity contribution is 5.30. The van der Waals surface area contributed by atoms with Gasteiger partial charge in [-0.2, -0.15) is 0 Å². The first-order valence-corrected chi connectivity index (χ1v) is 6.75. The number of hydrogen-bond acceptors (Lipinski definition) is 2. The van der Waals surface area contributed by atoms with Gasteiger partial charge in [-0.15, -0.1) is 0 Å². The molecule has 1 saturated carbocycles. The molecule has 0 spiro atoms. The Hall–Kier alpha value is -0.860. The minimum atomic E-state index is 0.110. The van der Waals surface area contributed by atoms with Crippen molar-refractivity contribution < 1.29 is 0 Å². The number of hydrogen-bond donors (Lipinski definition) is 1. The number of nitrogens with two attached hydrogens (primary N) is 1. The van der Waals surface area contributed by atoms with E-state index < -0.39 is 0 Å². The number of rotatable bonds is 6. The molecule has 2 N–H and O–H groups in total. The lowest BCUT2D eigenvalue weighted by atomic mass is 9.99.